The van der Waals surface area contributed by atoms with Gasteiger partial charge in [0.05, 0.1) is 17.9 Å². The van der Waals surface area contributed by atoms with E-state index >= 15 is 0 Å². The smallest absolute Gasteiger partial charge is 0.244 e. The monoisotopic (exact) mass is 382 g/mol. The van der Waals surface area contributed by atoms with Crippen LogP contribution in [0.3, 0.4) is 0 Å². The highest BCUT2D eigenvalue weighted by molar-refractivity contribution is 5.94. The lowest BCUT2D eigenvalue weighted by molar-refractivity contribution is -0.129. The number of nitrogens with zero attached hydrogens (tertiary/aromatic N) is 2. The Morgan fingerprint density at radius 1 is 1.18 bits per heavy atom. The first-order chi connectivity index (χ1) is 13.1. The fourth-order valence-electron chi connectivity index (χ4n) is 3.23. The molecule has 1 heterocycles. The number of anilines is 1. The fourth-order valence-corrected chi connectivity index (χ4v) is 3.23. The fraction of sp³-hybridized carbons (Fsp3) is 0.500. The minimum atomic E-state index is -0.251. The Morgan fingerprint density at radius 3 is 2.46 bits per heavy atom. The van der Waals surface area contributed by atoms with Crippen molar-refractivity contribution in [2.45, 2.75) is 59.3 Å². The summed E-state index contributed by atoms with van der Waals surface area (Å²) < 4.78 is 1.78. The highest BCUT2D eigenvalue weighted by Crippen LogP contribution is 2.28. The third kappa shape index (κ3) is 4.43. The SMILES string of the molecule is Cc1ccc(-n2nc(C(C)(C)C)cc2NC(=O)CNC(=O)C2CCC2)c(C)c1. The minimum absolute atomic E-state index is 0.0281. The van der Waals surface area contributed by atoms with Crippen LogP contribution >= 0.6 is 0 Å². The van der Waals surface area contributed by atoms with E-state index in [1.807, 2.05) is 32.0 Å². The molecule has 0 saturated heterocycles. The second-order valence-corrected chi connectivity index (χ2v) is 8.76. The Kier molecular flexibility index (Phi) is 5.59. The minimum Gasteiger partial charge on any atom is -0.347 e. The van der Waals surface area contributed by atoms with Gasteiger partial charge in [-0.15, -0.1) is 0 Å². The van der Waals surface area contributed by atoms with Crippen molar-refractivity contribution >= 4 is 17.6 Å². The molecule has 0 aliphatic heterocycles. The summed E-state index contributed by atoms with van der Waals surface area (Å²) in [4.78, 5) is 24.4. The van der Waals surface area contributed by atoms with Crippen LogP contribution in [-0.2, 0) is 15.0 Å². The van der Waals surface area contributed by atoms with Crippen LogP contribution < -0.4 is 10.6 Å². The zero-order valence-electron chi connectivity index (χ0n) is 17.4. The number of carbonyl (C=O) groups excluding carboxylic acids is 2. The zero-order chi connectivity index (χ0) is 20.5. The van der Waals surface area contributed by atoms with Crippen LogP contribution in [-0.4, -0.2) is 28.1 Å². The average molecular weight is 383 g/mol. The Labute approximate surface area is 166 Å². The van der Waals surface area contributed by atoms with Gasteiger partial charge in [-0.05, 0) is 38.3 Å². The third-order valence-electron chi connectivity index (χ3n) is 5.22. The number of aromatic nitrogens is 2. The van der Waals surface area contributed by atoms with Gasteiger partial charge in [-0.25, -0.2) is 4.68 Å². The van der Waals surface area contributed by atoms with E-state index in [1.54, 1.807) is 4.68 Å². The molecule has 3 rings (SSSR count). The second kappa shape index (κ2) is 7.78. The van der Waals surface area contributed by atoms with Crippen LogP contribution in [0.1, 0.15) is 56.9 Å². The number of hydrogen-bond acceptors (Lipinski definition) is 3. The molecule has 1 saturated carbocycles. The molecule has 0 unspecified atom stereocenters. The molecule has 150 valence electrons. The lowest BCUT2D eigenvalue weighted by Gasteiger charge is -2.23. The molecule has 0 radical (unpaired) electrons. The number of benzene rings is 1. The van der Waals surface area contributed by atoms with E-state index in [4.69, 9.17) is 5.10 Å². The molecule has 1 aromatic carbocycles. The van der Waals surface area contributed by atoms with E-state index in [0.717, 1.165) is 36.2 Å². The summed E-state index contributed by atoms with van der Waals surface area (Å²) in [5.74, 6) is 0.402. The van der Waals surface area contributed by atoms with Crippen molar-refractivity contribution in [1.29, 1.82) is 0 Å². The quantitative estimate of drug-likeness (QED) is 0.829. The van der Waals surface area contributed by atoms with E-state index in [1.165, 1.54) is 5.56 Å². The summed E-state index contributed by atoms with van der Waals surface area (Å²) in [6.45, 7) is 10.3. The molecule has 2 amide bonds. The molecule has 0 spiro atoms. The van der Waals surface area contributed by atoms with Crippen molar-refractivity contribution in [2.75, 3.05) is 11.9 Å². The average Bonchev–Trinajstić information content (AvgIpc) is 2.95. The van der Waals surface area contributed by atoms with Crippen molar-refractivity contribution in [3.63, 3.8) is 0 Å². The molecule has 1 fully saturated rings. The molecule has 0 bridgehead atoms. The number of carbonyl (C=O) groups is 2. The van der Waals surface area contributed by atoms with Gasteiger partial charge in [-0.2, -0.15) is 5.10 Å². The predicted molar refractivity (Wildman–Crippen MR) is 111 cm³/mol. The molecular formula is C22H30N4O2. The molecule has 2 aromatic rings. The summed E-state index contributed by atoms with van der Waals surface area (Å²) >= 11 is 0. The summed E-state index contributed by atoms with van der Waals surface area (Å²) in [7, 11) is 0. The normalized spacial score (nSPS) is 14.5. The van der Waals surface area contributed by atoms with Gasteiger partial charge in [-0.3, -0.25) is 9.59 Å². The summed E-state index contributed by atoms with van der Waals surface area (Å²) in [6, 6.07) is 8.05. The maximum Gasteiger partial charge on any atom is 0.244 e. The molecule has 1 aliphatic rings. The van der Waals surface area contributed by atoms with Crippen LogP contribution in [0.4, 0.5) is 5.82 Å². The van der Waals surface area contributed by atoms with E-state index in [0.29, 0.717) is 5.82 Å². The predicted octanol–water partition coefficient (Wildman–Crippen LogP) is 3.64. The van der Waals surface area contributed by atoms with Gasteiger partial charge in [0.1, 0.15) is 5.82 Å². The number of rotatable bonds is 5. The number of nitrogens with one attached hydrogen (secondary N) is 2. The van der Waals surface area contributed by atoms with E-state index in [-0.39, 0.29) is 29.7 Å². The first kappa shape index (κ1) is 20.1. The van der Waals surface area contributed by atoms with Crippen LogP contribution in [0.15, 0.2) is 24.3 Å². The second-order valence-electron chi connectivity index (χ2n) is 8.76. The van der Waals surface area contributed by atoms with Gasteiger partial charge in [0.15, 0.2) is 0 Å². The maximum atomic E-state index is 12.5. The largest absolute Gasteiger partial charge is 0.347 e. The van der Waals surface area contributed by atoms with Gasteiger partial charge in [0.25, 0.3) is 0 Å². The summed E-state index contributed by atoms with van der Waals surface area (Å²) in [5.41, 5.74) is 3.92. The highest BCUT2D eigenvalue weighted by atomic mass is 16.2. The molecular weight excluding hydrogens is 352 g/mol. The van der Waals surface area contributed by atoms with E-state index in [9.17, 15) is 9.59 Å². The van der Waals surface area contributed by atoms with Crippen LogP contribution in [0.5, 0.6) is 0 Å². The number of amides is 2. The van der Waals surface area contributed by atoms with Crippen molar-refractivity contribution in [2.24, 2.45) is 5.92 Å². The van der Waals surface area contributed by atoms with Crippen LogP contribution in [0, 0.1) is 19.8 Å². The van der Waals surface area contributed by atoms with Crippen molar-refractivity contribution in [3.8, 4) is 5.69 Å². The molecule has 6 nitrogen and oxygen atoms in total. The summed E-state index contributed by atoms with van der Waals surface area (Å²) in [6.07, 6.45) is 2.93. The van der Waals surface area contributed by atoms with Crippen LogP contribution in [0.25, 0.3) is 5.69 Å². The third-order valence-corrected chi connectivity index (χ3v) is 5.22. The Balaban J connectivity index is 1.81. The number of aryl methyl sites for hydroxylation is 2. The summed E-state index contributed by atoms with van der Waals surface area (Å²) in [5, 5.41) is 10.4. The zero-order valence-corrected chi connectivity index (χ0v) is 17.4. The Bertz CT molecular complexity index is 888. The topological polar surface area (TPSA) is 76.0 Å². The standard InChI is InChI=1S/C22H30N4O2/c1-14-9-10-17(15(2)11-14)26-19(12-18(25-26)22(3,4)5)24-20(27)13-23-21(28)16-7-6-8-16/h9-12,16H,6-8,13H2,1-5H3,(H,23,28)(H,24,27). The van der Waals surface area contributed by atoms with Crippen molar-refractivity contribution in [3.05, 3.63) is 41.1 Å². The van der Waals surface area contributed by atoms with Gasteiger partial charge in [0, 0.05) is 17.4 Å². The van der Waals surface area contributed by atoms with E-state index < -0.39 is 0 Å². The first-order valence-corrected chi connectivity index (χ1v) is 9.91. The van der Waals surface area contributed by atoms with Crippen molar-refractivity contribution in [1.82, 2.24) is 15.1 Å². The molecule has 1 aromatic heterocycles. The maximum absolute atomic E-state index is 12.5. The van der Waals surface area contributed by atoms with Gasteiger partial charge in [-0.1, -0.05) is 44.9 Å². The number of hydrogen-bond donors (Lipinski definition) is 2. The van der Waals surface area contributed by atoms with Gasteiger partial charge < -0.3 is 10.6 Å². The first-order valence-electron chi connectivity index (χ1n) is 9.91. The van der Waals surface area contributed by atoms with E-state index in [2.05, 4.69) is 37.5 Å². The van der Waals surface area contributed by atoms with Crippen LogP contribution in [0.2, 0.25) is 0 Å². The molecule has 6 heteroatoms. The lowest BCUT2D eigenvalue weighted by Crippen LogP contribution is -2.39. The van der Waals surface area contributed by atoms with Gasteiger partial charge >= 0.3 is 0 Å². The molecule has 28 heavy (non-hydrogen) atoms. The lowest BCUT2D eigenvalue weighted by atomic mass is 9.85. The van der Waals surface area contributed by atoms with Gasteiger partial charge in [0.2, 0.25) is 11.8 Å². The Morgan fingerprint density at radius 2 is 1.89 bits per heavy atom. The molecule has 2 N–H and O–H groups in total. The van der Waals surface area contributed by atoms with Crippen molar-refractivity contribution < 1.29 is 9.59 Å². The molecule has 0 atom stereocenters. The highest BCUT2D eigenvalue weighted by Gasteiger charge is 2.26. The molecule has 1 aliphatic carbocycles. The Hall–Kier alpha value is -2.63.